The van der Waals surface area contributed by atoms with Gasteiger partial charge in [-0.15, -0.1) is 0 Å². The number of alkyl halides is 3. The summed E-state index contributed by atoms with van der Waals surface area (Å²) in [5.74, 6) is -1.85. The topological polar surface area (TPSA) is 95.5 Å². The number of hydroxylamine groups is 1. The van der Waals surface area contributed by atoms with Crippen LogP contribution in [-0.4, -0.2) is 19.5 Å². The third-order valence-electron chi connectivity index (χ3n) is 3.65. The molecule has 27 heavy (non-hydrogen) atoms. The number of carbonyl (C=O) groups excluding carboxylic acids is 1. The van der Waals surface area contributed by atoms with Crippen LogP contribution in [0, 0.1) is 5.82 Å². The van der Waals surface area contributed by atoms with E-state index in [9.17, 15) is 30.8 Å². The summed E-state index contributed by atoms with van der Waals surface area (Å²) in [7, 11) is -4.22. The van der Waals surface area contributed by atoms with Gasteiger partial charge >= 0.3 is 6.18 Å². The molecule has 1 amide bonds. The summed E-state index contributed by atoms with van der Waals surface area (Å²) in [6, 6.07) is 4.90. The third kappa shape index (κ3) is 4.81. The Bertz CT molecular complexity index is 944. The molecule has 2 aromatic rings. The Hall–Kier alpha value is -2.50. The monoisotopic (exact) mass is 406 g/mol. The fourth-order valence-corrected chi connectivity index (χ4v) is 3.49. The van der Waals surface area contributed by atoms with Crippen LogP contribution in [0.3, 0.4) is 0 Å². The predicted octanol–water partition coefficient (Wildman–Crippen LogP) is 3.00. The number of sulfonamides is 1. The molecular weight excluding hydrogens is 392 g/mol. The molecule has 0 unspecified atom stereocenters. The molecule has 11 heteroatoms. The van der Waals surface area contributed by atoms with E-state index >= 15 is 0 Å². The van der Waals surface area contributed by atoms with Crippen molar-refractivity contribution < 1.29 is 36.0 Å². The average Bonchev–Trinajstić information content (AvgIpc) is 2.59. The molecular formula is C16H14F4N2O4S. The fourth-order valence-electron chi connectivity index (χ4n) is 2.27. The SMILES string of the molecule is C[C@@H](NS(=O)(=O)c1ccc(C(F)(F)F)cc1)c1ccc(C(=O)NO)cc1F. The average molecular weight is 406 g/mol. The molecule has 0 aliphatic carbocycles. The summed E-state index contributed by atoms with van der Waals surface area (Å²) in [6.45, 7) is 1.33. The van der Waals surface area contributed by atoms with Gasteiger partial charge in [0.2, 0.25) is 10.0 Å². The molecule has 0 saturated carbocycles. The van der Waals surface area contributed by atoms with Crippen LogP contribution in [0.4, 0.5) is 17.6 Å². The maximum Gasteiger partial charge on any atom is 0.416 e. The highest BCUT2D eigenvalue weighted by molar-refractivity contribution is 7.89. The number of rotatable bonds is 5. The maximum atomic E-state index is 14.1. The van der Waals surface area contributed by atoms with Crippen LogP contribution in [0.2, 0.25) is 0 Å². The van der Waals surface area contributed by atoms with E-state index in [1.165, 1.54) is 18.5 Å². The molecule has 3 N–H and O–H groups in total. The van der Waals surface area contributed by atoms with Crippen molar-refractivity contribution in [1.29, 1.82) is 0 Å². The van der Waals surface area contributed by atoms with Crippen LogP contribution in [0.25, 0.3) is 0 Å². The summed E-state index contributed by atoms with van der Waals surface area (Å²) in [5.41, 5.74) is 0.0522. The van der Waals surface area contributed by atoms with E-state index < -0.39 is 44.4 Å². The summed E-state index contributed by atoms with van der Waals surface area (Å²) < 4.78 is 78.6. The molecule has 0 aromatic heterocycles. The van der Waals surface area contributed by atoms with Crippen molar-refractivity contribution in [3.05, 3.63) is 65.0 Å². The van der Waals surface area contributed by atoms with E-state index in [0.29, 0.717) is 12.1 Å². The van der Waals surface area contributed by atoms with Crippen molar-refractivity contribution in [1.82, 2.24) is 10.2 Å². The molecule has 0 radical (unpaired) electrons. The van der Waals surface area contributed by atoms with Crippen molar-refractivity contribution >= 4 is 15.9 Å². The quantitative estimate of drug-likeness (QED) is 0.404. The van der Waals surface area contributed by atoms with Gasteiger partial charge in [0.1, 0.15) is 5.82 Å². The zero-order valence-electron chi connectivity index (χ0n) is 13.7. The van der Waals surface area contributed by atoms with E-state index in [2.05, 4.69) is 4.72 Å². The maximum absolute atomic E-state index is 14.1. The predicted molar refractivity (Wildman–Crippen MR) is 85.8 cm³/mol. The Kier molecular flexibility index (Phi) is 5.88. The minimum Gasteiger partial charge on any atom is -0.288 e. The van der Waals surface area contributed by atoms with Gasteiger partial charge in [0.15, 0.2) is 0 Å². The minimum absolute atomic E-state index is 0.0972. The van der Waals surface area contributed by atoms with Gasteiger partial charge in [0, 0.05) is 17.2 Å². The van der Waals surface area contributed by atoms with Crippen molar-refractivity contribution in [3.8, 4) is 0 Å². The van der Waals surface area contributed by atoms with Gasteiger partial charge in [-0.2, -0.15) is 13.2 Å². The highest BCUT2D eigenvalue weighted by atomic mass is 32.2. The number of hydrogen-bond donors (Lipinski definition) is 3. The summed E-state index contributed by atoms with van der Waals surface area (Å²) >= 11 is 0. The molecule has 0 fully saturated rings. The van der Waals surface area contributed by atoms with Crippen LogP contribution in [-0.2, 0) is 16.2 Å². The number of nitrogens with one attached hydrogen (secondary N) is 2. The second-order valence-electron chi connectivity index (χ2n) is 5.54. The van der Waals surface area contributed by atoms with E-state index in [1.54, 1.807) is 0 Å². The van der Waals surface area contributed by atoms with Gasteiger partial charge in [0.05, 0.1) is 10.5 Å². The van der Waals surface area contributed by atoms with Gasteiger partial charge < -0.3 is 0 Å². The molecule has 0 aliphatic rings. The zero-order chi connectivity index (χ0) is 20.4. The van der Waals surface area contributed by atoms with Crippen molar-refractivity contribution in [2.75, 3.05) is 0 Å². The second kappa shape index (κ2) is 7.62. The molecule has 0 heterocycles. The first kappa shape index (κ1) is 20.8. The molecule has 2 aromatic carbocycles. The summed E-state index contributed by atoms with van der Waals surface area (Å²) in [4.78, 5) is 10.8. The highest BCUT2D eigenvalue weighted by Crippen LogP contribution is 2.30. The Balaban J connectivity index is 2.23. The molecule has 0 spiro atoms. The first-order valence-electron chi connectivity index (χ1n) is 7.39. The summed E-state index contributed by atoms with van der Waals surface area (Å²) in [5, 5.41) is 8.52. The van der Waals surface area contributed by atoms with Crippen LogP contribution in [0.1, 0.15) is 34.5 Å². The molecule has 0 aliphatic heterocycles. The van der Waals surface area contributed by atoms with Crippen LogP contribution in [0.15, 0.2) is 47.4 Å². The lowest BCUT2D eigenvalue weighted by Crippen LogP contribution is -2.28. The first-order chi connectivity index (χ1) is 12.5. The van der Waals surface area contributed by atoms with Gasteiger partial charge in [-0.1, -0.05) is 6.07 Å². The first-order valence-corrected chi connectivity index (χ1v) is 8.87. The molecule has 1 atom stereocenters. The number of carbonyl (C=O) groups is 1. The van der Waals surface area contributed by atoms with Crippen LogP contribution >= 0.6 is 0 Å². The number of halogens is 4. The molecule has 2 rings (SSSR count). The normalized spacial score (nSPS) is 13.3. The second-order valence-corrected chi connectivity index (χ2v) is 7.26. The number of amides is 1. The van der Waals surface area contributed by atoms with Gasteiger partial charge in [0.25, 0.3) is 5.91 Å². The van der Waals surface area contributed by atoms with E-state index in [1.807, 2.05) is 0 Å². The van der Waals surface area contributed by atoms with Crippen molar-refractivity contribution in [2.24, 2.45) is 0 Å². The number of hydrogen-bond acceptors (Lipinski definition) is 4. The lowest BCUT2D eigenvalue weighted by molar-refractivity contribution is -0.137. The largest absolute Gasteiger partial charge is 0.416 e. The molecule has 0 saturated heterocycles. The van der Waals surface area contributed by atoms with E-state index in [4.69, 9.17) is 5.21 Å². The van der Waals surface area contributed by atoms with Crippen LogP contribution < -0.4 is 10.2 Å². The Labute approximate surface area is 151 Å². The van der Waals surface area contributed by atoms with Crippen LogP contribution in [0.5, 0.6) is 0 Å². The molecule has 146 valence electrons. The van der Waals surface area contributed by atoms with Crippen molar-refractivity contribution in [2.45, 2.75) is 24.0 Å². The highest BCUT2D eigenvalue weighted by Gasteiger charge is 2.31. The third-order valence-corrected chi connectivity index (χ3v) is 5.21. The van der Waals surface area contributed by atoms with Crippen molar-refractivity contribution in [3.63, 3.8) is 0 Å². The fraction of sp³-hybridized carbons (Fsp3) is 0.188. The number of benzene rings is 2. The van der Waals surface area contributed by atoms with Gasteiger partial charge in [-0.05, 0) is 43.3 Å². The lowest BCUT2D eigenvalue weighted by atomic mass is 10.1. The Morgan fingerprint density at radius 3 is 2.19 bits per heavy atom. The van der Waals surface area contributed by atoms with Gasteiger partial charge in [-0.3, -0.25) is 10.0 Å². The van der Waals surface area contributed by atoms with E-state index in [-0.39, 0.29) is 11.1 Å². The van der Waals surface area contributed by atoms with Gasteiger partial charge in [-0.25, -0.2) is 23.0 Å². The minimum atomic E-state index is -4.60. The smallest absolute Gasteiger partial charge is 0.288 e. The molecule has 0 bridgehead atoms. The van der Waals surface area contributed by atoms with E-state index in [0.717, 1.165) is 24.3 Å². The summed E-state index contributed by atoms with van der Waals surface area (Å²) in [6.07, 6.45) is -4.60. The lowest BCUT2D eigenvalue weighted by Gasteiger charge is -2.16. The zero-order valence-corrected chi connectivity index (χ0v) is 14.5. The standard InChI is InChI=1S/C16H14F4N2O4S/c1-9(13-7-2-10(8-14(13)17)15(23)21-24)22-27(25,26)12-5-3-11(4-6-12)16(18,19)20/h2-9,22,24H,1H3,(H,21,23)/t9-/m1/s1. The Morgan fingerprint density at radius 1 is 1.11 bits per heavy atom. The molecule has 6 nitrogen and oxygen atoms in total. The Morgan fingerprint density at radius 2 is 1.70 bits per heavy atom.